The van der Waals surface area contributed by atoms with E-state index in [-0.39, 0.29) is 24.7 Å². The zero-order valence-electron chi connectivity index (χ0n) is 11.4. The van der Waals surface area contributed by atoms with Crippen molar-refractivity contribution in [3.05, 3.63) is 0 Å². The Morgan fingerprint density at radius 2 is 1.58 bits per heavy atom. The molecule has 0 saturated heterocycles. The van der Waals surface area contributed by atoms with Crippen LogP contribution in [-0.2, 0) is 4.79 Å². The second kappa shape index (κ2) is 6.78. The normalized spacial score (nSPS) is 21.3. The number of nitrogens with one attached hydrogen (secondary N) is 1. The number of hydrogen-bond acceptors (Lipinski definition) is 2. The number of amides is 2. The molecule has 2 aliphatic carbocycles. The molecule has 2 aliphatic rings. The van der Waals surface area contributed by atoms with Gasteiger partial charge in [0.15, 0.2) is 0 Å². The van der Waals surface area contributed by atoms with Crippen LogP contribution in [-0.4, -0.2) is 40.6 Å². The number of carboxylic acids is 1. The minimum absolute atomic E-state index is 0.143. The molecule has 5 nitrogen and oxygen atoms in total. The summed E-state index contributed by atoms with van der Waals surface area (Å²) >= 11 is 0. The summed E-state index contributed by atoms with van der Waals surface area (Å²) in [5, 5.41) is 11.9. The number of carbonyl (C=O) groups is 2. The van der Waals surface area contributed by atoms with Gasteiger partial charge in [-0.05, 0) is 25.7 Å². The Hall–Kier alpha value is -1.26. The van der Waals surface area contributed by atoms with Crippen molar-refractivity contribution >= 4 is 12.0 Å². The minimum Gasteiger partial charge on any atom is -0.480 e. The van der Waals surface area contributed by atoms with E-state index in [1.54, 1.807) is 0 Å². The predicted octanol–water partition coefficient (Wildman–Crippen LogP) is 2.36. The summed E-state index contributed by atoms with van der Waals surface area (Å²) in [6.45, 7) is -0.177. The van der Waals surface area contributed by atoms with Gasteiger partial charge in [-0.3, -0.25) is 4.79 Å². The molecule has 0 unspecified atom stereocenters. The summed E-state index contributed by atoms with van der Waals surface area (Å²) < 4.78 is 0. The number of hydrogen-bond donors (Lipinski definition) is 2. The molecule has 0 atom stereocenters. The van der Waals surface area contributed by atoms with Crippen molar-refractivity contribution in [3.63, 3.8) is 0 Å². The van der Waals surface area contributed by atoms with E-state index >= 15 is 0 Å². The number of urea groups is 1. The van der Waals surface area contributed by atoms with Crippen LogP contribution in [0.25, 0.3) is 0 Å². The van der Waals surface area contributed by atoms with Gasteiger partial charge in [0.2, 0.25) is 0 Å². The highest BCUT2D eigenvalue weighted by Gasteiger charge is 2.34. The van der Waals surface area contributed by atoms with Crippen LogP contribution in [0.5, 0.6) is 0 Å². The fourth-order valence-corrected chi connectivity index (χ4v) is 2.76. The van der Waals surface area contributed by atoms with Gasteiger partial charge in [0.1, 0.15) is 6.54 Å². The third-order valence-electron chi connectivity index (χ3n) is 3.99. The molecule has 0 aromatic rings. The van der Waals surface area contributed by atoms with E-state index in [1.807, 2.05) is 0 Å². The van der Waals surface area contributed by atoms with E-state index < -0.39 is 5.97 Å². The quantitative estimate of drug-likeness (QED) is 0.822. The van der Waals surface area contributed by atoms with E-state index in [9.17, 15) is 9.59 Å². The van der Waals surface area contributed by atoms with Crippen molar-refractivity contribution in [2.45, 2.75) is 69.9 Å². The fraction of sp³-hybridized carbons (Fsp3) is 0.857. The average molecular weight is 268 g/mol. The molecule has 0 aliphatic heterocycles. The molecule has 0 spiro atoms. The van der Waals surface area contributed by atoms with E-state index in [1.165, 1.54) is 24.2 Å². The summed E-state index contributed by atoms with van der Waals surface area (Å²) in [6.07, 6.45) is 10.0. The van der Waals surface area contributed by atoms with Crippen LogP contribution in [0.2, 0.25) is 0 Å². The van der Waals surface area contributed by atoms with Crippen LogP contribution >= 0.6 is 0 Å². The summed E-state index contributed by atoms with van der Waals surface area (Å²) in [5.41, 5.74) is 0. The molecule has 0 heterocycles. The predicted molar refractivity (Wildman–Crippen MR) is 72.0 cm³/mol. The zero-order valence-corrected chi connectivity index (χ0v) is 11.4. The van der Waals surface area contributed by atoms with E-state index in [0.29, 0.717) is 0 Å². The lowest BCUT2D eigenvalue weighted by molar-refractivity contribution is -0.137. The summed E-state index contributed by atoms with van der Waals surface area (Å²) in [7, 11) is 0. The molecular formula is C14H24N2O3. The first kappa shape index (κ1) is 14.2. The molecule has 0 aromatic carbocycles. The van der Waals surface area contributed by atoms with Crippen LogP contribution in [0.1, 0.15) is 57.8 Å². The van der Waals surface area contributed by atoms with Crippen molar-refractivity contribution in [2.75, 3.05) is 6.54 Å². The van der Waals surface area contributed by atoms with Gasteiger partial charge < -0.3 is 15.3 Å². The largest absolute Gasteiger partial charge is 0.480 e. The molecule has 2 saturated carbocycles. The highest BCUT2D eigenvalue weighted by molar-refractivity contribution is 5.80. The lowest BCUT2D eigenvalue weighted by Gasteiger charge is -2.26. The van der Waals surface area contributed by atoms with Crippen LogP contribution in [0.4, 0.5) is 4.79 Å². The SMILES string of the molecule is O=C(O)CN(C(=O)NC1CCCCCCC1)C1CC1. The number of carboxylic acid groups (broad SMARTS) is 1. The van der Waals surface area contributed by atoms with Gasteiger partial charge >= 0.3 is 12.0 Å². The lowest BCUT2D eigenvalue weighted by atomic mass is 9.97. The third kappa shape index (κ3) is 4.73. The van der Waals surface area contributed by atoms with Gasteiger partial charge in [-0.15, -0.1) is 0 Å². The molecule has 0 aromatic heterocycles. The highest BCUT2D eigenvalue weighted by atomic mass is 16.4. The molecule has 5 heteroatoms. The summed E-state index contributed by atoms with van der Waals surface area (Å²) in [5.74, 6) is -0.931. The van der Waals surface area contributed by atoms with Crippen molar-refractivity contribution < 1.29 is 14.7 Å². The van der Waals surface area contributed by atoms with Crippen LogP contribution in [0, 0.1) is 0 Å². The molecule has 2 fully saturated rings. The maximum Gasteiger partial charge on any atom is 0.323 e. The first-order chi connectivity index (χ1) is 9.16. The van der Waals surface area contributed by atoms with Crippen LogP contribution in [0.15, 0.2) is 0 Å². The molecule has 2 amide bonds. The standard InChI is InChI=1S/C14H24N2O3/c17-13(18)10-16(12-8-9-12)14(19)15-11-6-4-2-1-3-5-7-11/h11-12H,1-10H2,(H,15,19)(H,17,18). The first-order valence-corrected chi connectivity index (χ1v) is 7.46. The topological polar surface area (TPSA) is 69.6 Å². The number of rotatable bonds is 4. The molecule has 0 bridgehead atoms. The molecule has 19 heavy (non-hydrogen) atoms. The third-order valence-corrected chi connectivity index (χ3v) is 3.99. The summed E-state index contributed by atoms with van der Waals surface area (Å²) in [6, 6.07) is 0.183. The van der Waals surface area contributed by atoms with Crippen molar-refractivity contribution in [3.8, 4) is 0 Å². The Bertz CT molecular complexity index is 321. The highest BCUT2D eigenvalue weighted by Crippen LogP contribution is 2.27. The first-order valence-electron chi connectivity index (χ1n) is 7.46. The Morgan fingerprint density at radius 3 is 2.11 bits per heavy atom. The number of carbonyl (C=O) groups excluding carboxylic acids is 1. The molecule has 2 N–H and O–H groups in total. The monoisotopic (exact) mass is 268 g/mol. The van der Waals surface area contributed by atoms with Crippen LogP contribution in [0.3, 0.4) is 0 Å². The fourth-order valence-electron chi connectivity index (χ4n) is 2.76. The van der Waals surface area contributed by atoms with Gasteiger partial charge in [0.25, 0.3) is 0 Å². The smallest absolute Gasteiger partial charge is 0.323 e. The lowest BCUT2D eigenvalue weighted by Crippen LogP contribution is -2.47. The molecule has 2 rings (SSSR count). The van der Waals surface area contributed by atoms with Gasteiger partial charge in [-0.2, -0.15) is 0 Å². The van der Waals surface area contributed by atoms with E-state index in [4.69, 9.17) is 5.11 Å². The average Bonchev–Trinajstić information content (AvgIpc) is 3.13. The van der Waals surface area contributed by atoms with Gasteiger partial charge in [-0.25, -0.2) is 4.79 Å². The second-order valence-electron chi connectivity index (χ2n) is 5.74. The number of aliphatic carboxylic acids is 1. The minimum atomic E-state index is -0.931. The second-order valence-corrected chi connectivity index (χ2v) is 5.74. The van der Waals surface area contributed by atoms with Gasteiger partial charge in [0, 0.05) is 12.1 Å². The Kier molecular flexibility index (Phi) is 5.05. The molecule has 0 radical (unpaired) electrons. The Balaban J connectivity index is 1.84. The Labute approximate surface area is 114 Å². The van der Waals surface area contributed by atoms with Crippen LogP contribution < -0.4 is 5.32 Å². The Morgan fingerprint density at radius 1 is 1.00 bits per heavy atom. The van der Waals surface area contributed by atoms with Crippen molar-refractivity contribution in [2.24, 2.45) is 0 Å². The zero-order chi connectivity index (χ0) is 13.7. The van der Waals surface area contributed by atoms with E-state index in [0.717, 1.165) is 38.5 Å². The van der Waals surface area contributed by atoms with Crippen molar-refractivity contribution in [1.29, 1.82) is 0 Å². The van der Waals surface area contributed by atoms with E-state index in [2.05, 4.69) is 5.32 Å². The summed E-state index contributed by atoms with van der Waals surface area (Å²) in [4.78, 5) is 24.5. The van der Waals surface area contributed by atoms with Gasteiger partial charge in [-0.1, -0.05) is 32.1 Å². The maximum atomic E-state index is 12.2. The molecule has 108 valence electrons. The molecular weight excluding hydrogens is 244 g/mol. The maximum absolute atomic E-state index is 12.2. The van der Waals surface area contributed by atoms with Gasteiger partial charge in [0.05, 0.1) is 0 Å². The number of nitrogens with zero attached hydrogens (tertiary/aromatic N) is 1. The van der Waals surface area contributed by atoms with Crippen molar-refractivity contribution in [1.82, 2.24) is 10.2 Å².